The quantitative estimate of drug-likeness (QED) is 0.786. The van der Waals surface area contributed by atoms with Crippen molar-refractivity contribution in [3.63, 3.8) is 0 Å². The summed E-state index contributed by atoms with van der Waals surface area (Å²) in [6.45, 7) is 4.19. The number of aromatic nitrogens is 2. The molecule has 3 heterocycles. The maximum atomic E-state index is 12.3. The van der Waals surface area contributed by atoms with Crippen LogP contribution in [-0.4, -0.2) is 55.9 Å². The maximum absolute atomic E-state index is 12.3. The van der Waals surface area contributed by atoms with Crippen LogP contribution in [0.2, 0.25) is 0 Å². The van der Waals surface area contributed by atoms with E-state index in [0.29, 0.717) is 32.1 Å². The van der Waals surface area contributed by atoms with Crippen LogP contribution >= 0.6 is 0 Å². The predicted octanol–water partition coefficient (Wildman–Crippen LogP) is 0.206. The zero-order valence-corrected chi connectivity index (χ0v) is 12.7. The number of aryl methyl sites for hydroxylation is 1. The molecule has 0 saturated carbocycles. The van der Waals surface area contributed by atoms with Gasteiger partial charge in [0, 0.05) is 39.1 Å². The molecule has 116 valence electrons. The van der Waals surface area contributed by atoms with Crippen LogP contribution in [-0.2, 0) is 16.6 Å². The lowest BCUT2D eigenvalue weighted by molar-refractivity contribution is 0.224. The van der Waals surface area contributed by atoms with Gasteiger partial charge >= 0.3 is 0 Å². The lowest BCUT2D eigenvalue weighted by Gasteiger charge is -2.22. The molecule has 21 heavy (non-hydrogen) atoms. The molecule has 1 aromatic heterocycles. The first-order valence-corrected chi connectivity index (χ1v) is 8.71. The van der Waals surface area contributed by atoms with E-state index >= 15 is 0 Å². The molecular formula is C13H20N4O3S. The van der Waals surface area contributed by atoms with E-state index in [-0.39, 0.29) is 4.90 Å². The number of hydrogen-bond donors (Lipinski definition) is 1. The molecule has 0 saturated heterocycles. The van der Waals surface area contributed by atoms with Gasteiger partial charge in [0.15, 0.2) is 4.90 Å². The second-order valence-electron chi connectivity index (χ2n) is 5.20. The fourth-order valence-electron chi connectivity index (χ4n) is 2.54. The Morgan fingerprint density at radius 1 is 1.33 bits per heavy atom. The third-order valence-corrected chi connectivity index (χ3v) is 5.11. The molecule has 0 fully saturated rings. The number of nitrogens with zero attached hydrogens (tertiary/aromatic N) is 3. The zero-order chi connectivity index (χ0) is 14.7. The molecule has 2 aliphatic heterocycles. The van der Waals surface area contributed by atoms with Crippen molar-refractivity contribution in [1.29, 1.82) is 0 Å². The van der Waals surface area contributed by atoms with Crippen molar-refractivity contribution in [2.24, 2.45) is 0 Å². The van der Waals surface area contributed by atoms with E-state index in [9.17, 15) is 8.42 Å². The van der Waals surface area contributed by atoms with E-state index in [1.807, 2.05) is 0 Å². The molecule has 1 aromatic rings. The first kappa shape index (κ1) is 14.6. The van der Waals surface area contributed by atoms with Gasteiger partial charge in [0.2, 0.25) is 15.9 Å². The molecule has 1 N–H and O–H groups in total. The van der Waals surface area contributed by atoms with Gasteiger partial charge in [0.05, 0.1) is 12.8 Å². The van der Waals surface area contributed by atoms with Crippen molar-refractivity contribution < 1.29 is 13.2 Å². The summed E-state index contributed by atoms with van der Waals surface area (Å²) >= 11 is 0. The highest BCUT2D eigenvalue weighted by Gasteiger charge is 2.26. The summed E-state index contributed by atoms with van der Waals surface area (Å²) < 4.78 is 34.3. The topological polar surface area (TPSA) is 76.5 Å². The van der Waals surface area contributed by atoms with Crippen molar-refractivity contribution >= 4 is 10.0 Å². The van der Waals surface area contributed by atoms with Gasteiger partial charge in [-0.15, -0.1) is 0 Å². The largest absolute Gasteiger partial charge is 0.477 e. The number of fused-ring (bicyclic) bond motifs is 1. The Balaban J connectivity index is 1.61. The van der Waals surface area contributed by atoms with Crippen LogP contribution in [0.15, 0.2) is 23.2 Å². The second kappa shape index (κ2) is 6.17. The number of ether oxygens (including phenoxy) is 1. The average Bonchev–Trinajstić information content (AvgIpc) is 2.93. The number of sulfonamides is 1. The van der Waals surface area contributed by atoms with Gasteiger partial charge in [-0.25, -0.2) is 17.8 Å². The molecular weight excluding hydrogens is 292 g/mol. The Hall–Kier alpha value is -1.38. The highest BCUT2D eigenvalue weighted by atomic mass is 32.2. The van der Waals surface area contributed by atoms with E-state index < -0.39 is 10.0 Å². The molecule has 0 radical (unpaired) electrons. The van der Waals surface area contributed by atoms with E-state index in [4.69, 9.17) is 4.74 Å². The third-order valence-electron chi connectivity index (χ3n) is 3.66. The predicted molar refractivity (Wildman–Crippen MR) is 77.7 cm³/mol. The van der Waals surface area contributed by atoms with Gasteiger partial charge in [0.1, 0.15) is 0 Å². The molecule has 0 aromatic carbocycles. The summed E-state index contributed by atoms with van der Waals surface area (Å²) in [6, 6.07) is 0. The molecule has 0 bridgehead atoms. The zero-order valence-electron chi connectivity index (χ0n) is 11.9. The first-order chi connectivity index (χ1) is 10.2. The SMILES string of the molecule is O=S(=O)(NCCN1CC=CCC1)c1cnn2c1OCCC2. The third kappa shape index (κ3) is 3.28. The minimum Gasteiger partial charge on any atom is -0.477 e. The highest BCUT2D eigenvalue weighted by molar-refractivity contribution is 7.89. The van der Waals surface area contributed by atoms with Crippen LogP contribution < -0.4 is 9.46 Å². The van der Waals surface area contributed by atoms with Gasteiger partial charge in [-0.2, -0.15) is 5.10 Å². The van der Waals surface area contributed by atoms with Crippen LogP contribution in [0.1, 0.15) is 12.8 Å². The van der Waals surface area contributed by atoms with Crippen molar-refractivity contribution in [2.75, 3.05) is 32.8 Å². The van der Waals surface area contributed by atoms with Gasteiger partial charge < -0.3 is 4.74 Å². The Kier molecular flexibility index (Phi) is 4.27. The molecule has 8 heteroatoms. The maximum Gasteiger partial charge on any atom is 0.247 e. The van der Waals surface area contributed by atoms with Crippen LogP contribution in [0.4, 0.5) is 0 Å². The van der Waals surface area contributed by atoms with Crippen molar-refractivity contribution in [3.8, 4) is 5.88 Å². The molecule has 0 spiro atoms. The highest BCUT2D eigenvalue weighted by Crippen LogP contribution is 2.26. The van der Waals surface area contributed by atoms with Crippen molar-refractivity contribution in [3.05, 3.63) is 18.3 Å². The summed E-state index contributed by atoms with van der Waals surface area (Å²) in [5.41, 5.74) is 0. The standard InChI is InChI=1S/C13H20N4O3S/c18-21(19,15-5-9-16-6-2-1-3-7-16)12-11-14-17-8-4-10-20-13(12)17/h1-2,11,15H,3-10H2. The molecule has 0 aliphatic carbocycles. The fourth-order valence-corrected chi connectivity index (χ4v) is 3.63. The minimum atomic E-state index is -3.56. The lowest BCUT2D eigenvalue weighted by atomic mass is 10.2. The first-order valence-electron chi connectivity index (χ1n) is 7.22. The summed E-state index contributed by atoms with van der Waals surface area (Å²) in [5, 5.41) is 4.07. The van der Waals surface area contributed by atoms with Gasteiger partial charge in [-0.05, 0) is 6.42 Å². The molecule has 0 unspecified atom stereocenters. The Morgan fingerprint density at radius 2 is 2.24 bits per heavy atom. The Bertz CT molecular complexity index is 623. The normalized spacial score (nSPS) is 19.2. The molecule has 3 rings (SSSR count). The van der Waals surface area contributed by atoms with Crippen molar-refractivity contribution in [1.82, 2.24) is 19.4 Å². The fraction of sp³-hybridized carbons (Fsp3) is 0.615. The summed E-state index contributed by atoms with van der Waals surface area (Å²) in [7, 11) is -3.56. The van der Waals surface area contributed by atoms with E-state index in [0.717, 1.165) is 25.9 Å². The van der Waals surface area contributed by atoms with E-state index in [2.05, 4.69) is 26.9 Å². The van der Waals surface area contributed by atoms with Gasteiger partial charge in [0.25, 0.3) is 0 Å². The van der Waals surface area contributed by atoms with Crippen LogP contribution in [0.25, 0.3) is 0 Å². The van der Waals surface area contributed by atoms with Crippen molar-refractivity contribution in [2.45, 2.75) is 24.3 Å². The van der Waals surface area contributed by atoms with Crippen LogP contribution in [0.3, 0.4) is 0 Å². The number of hydrogen-bond acceptors (Lipinski definition) is 5. The molecule has 7 nitrogen and oxygen atoms in total. The monoisotopic (exact) mass is 312 g/mol. The van der Waals surface area contributed by atoms with E-state index in [1.165, 1.54) is 6.20 Å². The summed E-state index contributed by atoms with van der Waals surface area (Å²) in [5.74, 6) is 0.356. The van der Waals surface area contributed by atoms with E-state index in [1.54, 1.807) is 4.68 Å². The Morgan fingerprint density at radius 3 is 3.05 bits per heavy atom. The summed E-state index contributed by atoms with van der Waals surface area (Å²) in [6.07, 6.45) is 7.51. The van der Waals surface area contributed by atoms with Gasteiger partial charge in [-0.3, -0.25) is 4.90 Å². The number of nitrogens with one attached hydrogen (secondary N) is 1. The lowest BCUT2D eigenvalue weighted by Crippen LogP contribution is -2.36. The average molecular weight is 312 g/mol. The summed E-state index contributed by atoms with van der Waals surface area (Å²) in [4.78, 5) is 2.35. The number of rotatable bonds is 5. The van der Waals surface area contributed by atoms with Crippen LogP contribution in [0, 0.1) is 0 Å². The molecule has 0 amide bonds. The second-order valence-corrected chi connectivity index (χ2v) is 6.93. The van der Waals surface area contributed by atoms with Crippen LogP contribution in [0.5, 0.6) is 5.88 Å². The Labute approximate surface area is 124 Å². The molecule has 2 aliphatic rings. The smallest absolute Gasteiger partial charge is 0.247 e. The minimum absolute atomic E-state index is 0.140. The van der Waals surface area contributed by atoms with Gasteiger partial charge in [-0.1, -0.05) is 12.2 Å². The molecule has 0 atom stereocenters.